The lowest BCUT2D eigenvalue weighted by Crippen LogP contribution is -2.39. The lowest BCUT2D eigenvalue weighted by molar-refractivity contribution is -0.384. The highest BCUT2D eigenvalue weighted by Crippen LogP contribution is 2.32. The second-order valence-corrected chi connectivity index (χ2v) is 6.44. The molecule has 8 nitrogen and oxygen atoms in total. The van der Waals surface area contributed by atoms with E-state index in [1.165, 1.54) is 24.3 Å². The summed E-state index contributed by atoms with van der Waals surface area (Å²) in [6, 6.07) is 5.42. The maximum Gasteiger partial charge on any atom is 0.273 e. The first-order valence-electron chi connectivity index (χ1n) is 8.30. The van der Waals surface area contributed by atoms with E-state index < -0.39 is 16.7 Å². The first-order chi connectivity index (χ1) is 12.5. The van der Waals surface area contributed by atoms with Crippen LogP contribution in [0.2, 0.25) is 0 Å². The predicted octanol–water partition coefficient (Wildman–Crippen LogP) is 1.64. The molecule has 0 saturated carbocycles. The lowest BCUT2D eigenvalue weighted by Gasteiger charge is -2.27. The molecule has 0 aliphatic carbocycles. The molecule has 26 heavy (non-hydrogen) atoms. The van der Waals surface area contributed by atoms with E-state index in [9.17, 15) is 19.7 Å². The number of morpholine rings is 1. The zero-order valence-electron chi connectivity index (χ0n) is 14.0. The van der Waals surface area contributed by atoms with Crippen molar-refractivity contribution >= 4 is 34.7 Å². The molecule has 0 aromatic heterocycles. The van der Waals surface area contributed by atoms with Crippen molar-refractivity contribution in [2.45, 2.75) is 6.42 Å². The number of halogens is 1. The van der Waals surface area contributed by atoms with Crippen LogP contribution in [-0.4, -0.2) is 65.9 Å². The van der Waals surface area contributed by atoms with Crippen molar-refractivity contribution in [3.05, 3.63) is 45.0 Å². The number of nitro groups is 1. The van der Waals surface area contributed by atoms with Gasteiger partial charge in [-0.15, -0.1) is 0 Å². The molecule has 1 aromatic carbocycles. The summed E-state index contributed by atoms with van der Waals surface area (Å²) in [5.74, 6) is -0.983. The number of amides is 2. The van der Waals surface area contributed by atoms with Crippen molar-refractivity contribution in [3.8, 4) is 0 Å². The fraction of sp³-hybridized carbons (Fsp3) is 0.412. The number of hydrogen-bond acceptors (Lipinski definition) is 6. The molecule has 0 bridgehead atoms. The number of imide groups is 1. The van der Waals surface area contributed by atoms with Gasteiger partial charge in [0, 0.05) is 38.3 Å². The number of hydrogen-bond donors (Lipinski definition) is 0. The molecule has 0 N–H and O–H groups in total. The number of carbonyl (C=O) groups is 2. The predicted molar refractivity (Wildman–Crippen MR) is 94.5 cm³/mol. The van der Waals surface area contributed by atoms with Crippen LogP contribution in [0.3, 0.4) is 0 Å². The van der Waals surface area contributed by atoms with E-state index in [0.29, 0.717) is 25.2 Å². The minimum atomic E-state index is -0.528. The Balaban J connectivity index is 1.65. The van der Waals surface area contributed by atoms with Gasteiger partial charge >= 0.3 is 0 Å². The first kappa shape index (κ1) is 18.5. The number of carbonyl (C=O) groups excluding carboxylic acids is 2. The van der Waals surface area contributed by atoms with Crippen LogP contribution in [-0.2, 0) is 14.3 Å². The van der Waals surface area contributed by atoms with Gasteiger partial charge in [0.1, 0.15) is 5.03 Å². The molecule has 2 heterocycles. The Bertz CT molecular complexity index is 756. The van der Waals surface area contributed by atoms with Crippen LogP contribution in [0, 0.1) is 10.1 Å². The summed E-state index contributed by atoms with van der Waals surface area (Å²) < 4.78 is 5.29. The van der Waals surface area contributed by atoms with E-state index in [2.05, 4.69) is 4.90 Å². The third-order valence-corrected chi connectivity index (χ3v) is 4.79. The Hall–Kier alpha value is -2.29. The van der Waals surface area contributed by atoms with E-state index in [1.54, 1.807) is 0 Å². The van der Waals surface area contributed by atoms with Gasteiger partial charge in [-0.25, -0.2) is 0 Å². The van der Waals surface area contributed by atoms with Gasteiger partial charge in [-0.1, -0.05) is 11.6 Å². The van der Waals surface area contributed by atoms with E-state index in [4.69, 9.17) is 16.3 Å². The molecule has 2 amide bonds. The average Bonchev–Trinajstić information content (AvgIpc) is 2.86. The van der Waals surface area contributed by atoms with Gasteiger partial charge in [0.05, 0.1) is 23.7 Å². The number of benzene rings is 1. The van der Waals surface area contributed by atoms with Crippen LogP contribution in [0.25, 0.3) is 5.57 Å². The number of nitrogens with zero attached hydrogens (tertiary/aromatic N) is 3. The molecule has 0 radical (unpaired) electrons. The average molecular weight is 380 g/mol. The number of nitro benzene ring substituents is 1. The van der Waals surface area contributed by atoms with Crippen molar-refractivity contribution in [1.82, 2.24) is 9.80 Å². The summed E-state index contributed by atoms with van der Waals surface area (Å²) in [5, 5.41) is 10.6. The normalized spacial score (nSPS) is 18.7. The molecular formula is C17H18ClN3O5. The standard InChI is InChI=1S/C17H18ClN3O5/c18-15-14(12-2-4-13(5-3-12)21(24)25)16(22)20(17(15)23)7-1-6-19-8-10-26-11-9-19/h2-5H,1,6-11H2. The SMILES string of the molecule is O=C1C(Cl)=C(c2ccc([N+](=O)[O-])cc2)C(=O)N1CCCN1CCOCC1. The van der Waals surface area contributed by atoms with Crippen LogP contribution in [0.4, 0.5) is 5.69 Å². The van der Waals surface area contributed by atoms with Crippen molar-refractivity contribution < 1.29 is 19.2 Å². The first-order valence-corrected chi connectivity index (χ1v) is 8.67. The third kappa shape index (κ3) is 3.77. The maximum absolute atomic E-state index is 12.6. The molecule has 2 aliphatic heterocycles. The molecule has 1 aromatic rings. The van der Waals surface area contributed by atoms with Crippen molar-refractivity contribution in [2.75, 3.05) is 39.4 Å². The van der Waals surface area contributed by atoms with Crippen LogP contribution in [0.5, 0.6) is 0 Å². The molecule has 138 valence electrons. The molecule has 1 saturated heterocycles. The topological polar surface area (TPSA) is 93.0 Å². The molecule has 2 aliphatic rings. The van der Waals surface area contributed by atoms with E-state index >= 15 is 0 Å². The molecule has 9 heteroatoms. The van der Waals surface area contributed by atoms with E-state index in [0.717, 1.165) is 24.5 Å². The summed E-state index contributed by atoms with van der Waals surface area (Å²) in [6.07, 6.45) is 0.648. The number of ether oxygens (including phenoxy) is 1. The molecule has 0 atom stereocenters. The Morgan fingerprint density at radius 3 is 2.35 bits per heavy atom. The Morgan fingerprint density at radius 1 is 1.08 bits per heavy atom. The van der Waals surface area contributed by atoms with Crippen molar-refractivity contribution in [3.63, 3.8) is 0 Å². The Morgan fingerprint density at radius 2 is 1.73 bits per heavy atom. The minimum absolute atomic E-state index is 0.0930. The fourth-order valence-electron chi connectivity index (χ4n) is 3.03. The van der Waals surface area contributed by atoms with Crippen LogP contribution in [0.1, 0.15) is 12.0 Å². The van der Waals surface area contributed by atoms with Crippen molar-refractivity contribution in [1.29, 1.82) is 0 Å². The molecule has 0 unspecified atom stereocenters. The van der Waals surface area contributed by atoms with Gasteiger partial charge in [0.2, 0.25) is 0 Å². The van der Waals surface area contributed by atoms with Gasteiger partial charge in [0.25, 0.3) is 17.5 Å². The second kappa shape index (κ2) is 7.94. The van der Waals surface area contributed by atoms with Crippen LogP contribution < -0.4 is 0 Å². The summed E-state index contributed by atoms with van der Waals surface area (Å²) in [7, 11) is 0. The second-order valence-electron chi connectivity index (χ2n) is 6.06. The van der Waals surface area contributed by atoms with Crippen molar-refractivity contribution in [2.24, 2.45) is 0 Å². The summed E-state index contributed by atoms with van der Waals surface area (Å²) in [6.45, 7) is 4.12. The van der Waals surface area contributed by atoms with Crippen LogP contribution in [0.15, 0.2) is 29.3 Å². The Labute approximate surface area is 155 Å². The largest absolute Gasteiger partial charge is 0.379 e. The van der Waals surface area contributed by atoms with Gasteiger partial charge in [-0.3, -0.25) is 29.5 Å². The summed E-state index contributed by atoms with van der Waals surface area (Å²) in [4.78, 5) is 38.5. The molecule has 3 rings (SSSR count). The summed E-state index contributed by atoms with van der Waals surface area (Å²) in [5.41, 5.74) is 0.400. The molecule has 1 fully saturated rings. The monoisotopic (exact) mass is 379 g/mol. The fourth-order valence-corrected chi connectivity index (χ4v) is 3.32. The number of rotatable bonds is 6. The zero-order valence-corrected chi connectivity index (χ0v) is 14.8. The third-order valence-electron chi connectivity index (χ3n) is 4.44. The van der Waals surface area contributed by atoms with Gasteiger partial charge in [-0.05, 0) is 24.1 Å². The molecular weight excluding hydrogens is 362 g/mol. The van der Waals surface area contributed by atoms with Crippen LogP contribution >= 0.6 is 11.6 Å². The Kier molecular flexibility index (Phi) is 5.65. The minimum Gasteiger partial charge on any atom is -0.379 e. The van der Waals surface area contributed by atoms with Gasteiger partial charge < -0.3 is 4.74 Å². The highest BCUT2D eigenvalue weighted by Gasteiger charge is 2.37. The molecule has 0 spiro atoms. The highest BCUT2D eigenvalue weighted by atomic mass is 35.5. The van der Waals surface area contributed by atoms with Gasteiger partial charge in [0.15, 0.2) is 0 Å². The maximum atomic E-state index is 12.6. The zero-order chi connectivity index (χ0) is 18.7. The van der Waals surface area contributed by atoms with E-state index in [1.807, 2.05) is 0 Å². The lowest BCUT2D eigenvalue weighted by atomic mass is 10.1. The van der Waals surface area contributed by atoms with Gasteiger partial charge in [-0.2, -0.15) is 0 Å². The smallest absolute Gasteiger partial charge is 0.273 e. The highest BCUT2D eigenvalue weighted by molar-refractivity contribution is 6.55. The summed E-state index contributed by atoms with van der Waals surface area (Å²) >= 11 is 6.09. The van der Waals surface area contributed by atoms with E-state index in [-0.39, 0.29) is 22.8 Å². The number of non-ortho nitro benzene ring substituents is 1. The quantitative estimate of drug-likeness (QED) is 0.424.